The van der Waals surface area contributed by atoms with Crippen molar-refractivity contribution >= 4 is 49.4 Å². The van der Waals surface area contributed by atoms with Crippen LogP contribution in [0, 0.1) is 5.82 Å². The Morgan fingerprint density at radius 2 is 1.96 bits per heavy atom. The molecule has 7 heteroatoms. The number of hydrogen-bond acceptors (Lipinski definition) is 5. The van der Waals surface area contributed by atoms with E-state index in [2.05, 4.69) is 41.2 Å². The molecule has 0 radical (unpaired) electrons. The molecule has 0 aliphatic carbocycles. The quantitative estimate of drug-likeness (QED) is 0.573. The number of anilines is 2. The van der Waals surface area contributed by atoms with Crippen LogP contribution in [0.15, 0.2) is 53.5 Å². The van der Waals surface area contributed by atoms with Crippen molar-refractivity contribution in [1.82, 2.24) is 19.9 Å². The number of nitrogens with zero attached hydrogens (tertiary/aromatic N) is 4. The lowest BCUT2D eigenvalue weighted by Gasteiger charge is -2.09. The van der Waals surface area contributed by atoms with Gasteiger partial charge in [0.1, 0.15) is 18.0 Å². The molecule has 0 saturated heterocycles. The summed E-state index contributed by atoms with van der Waals surface area (Å²) in [6, 6.07) is 8.77. The first-order valence-electron chi connectivity index (χ1n) is 6.78. The topological polar surface area (TPSA) is 63.6 Å². The highest BCUT2D eigenvalue weighted by Gasteiger charge is 2.11. The third-order valence-corrected chi connectivity index (χ3v) is 3.83. The molecule has 1 N–H and O–H groups in total. The molecule has 5 nitrogen and oxygen atoms in total. The Balaban J connectivity index is 1.82. The maximum atomic E-state index is 14.3. The van der Waals surface area contributed by atoms with Gasteiger partial charge in [-0.3, -0.25) is 0 Å². The van der Waals surface area contributed by atoms with Gasteiger partial charge in [0.05, 0.1) is 22.8 Å². The average Bonchev–Trinajstić information content (AvgIpc) is 2.54. The molecule has 3 aromatic heterocycles. The van der Waals surface area contributed by atoms with E-state index < -0.39 is 5.82 Å². The summed E-state index contributed by atoms with van der Waals surface area (Å²) in [7, 11) is 0. The molecule has 112 valence electrons. The third-order valence-electron chi connectivity index (χ3n) is 3.37. The molecule has 0 bridgehead atoms. The minimum absolute atomic E-state index is 0.335. The monoisotopic (exact) mass is 369 g/mol. The predicted molar refractivity (Wildman–Crippen MR) is 90.0 cm³/mol. The van der Waals surface area contributed by atoms with Crippen molar-refractivity contribution in [3.05, 3.63) is 59.3 Å². The van der Waals surface area contributed by atoms with Gasteiger partial charge in [-0.05, 0) is 30.3 Å². The van der Waals surface area contributed by atoms with Crippen molar-refractivity contribution < 1.29 is 4.39 Å². The van der Waals surface area contributed by atoms with Crippen molar-refractivity contribution in [1.29, 1.82) is 0 Å². The van der Waals surface area contributed by atoms with E-state index in [-0.39, 0.29) is 0 Å². The predicted octanol–water partition coefficient (Wildman–Crippen LogP) is 4.22. The van der Waals surface area contributed by atoms with Crippen molar-refractivity contribution in [3.8, 4) is 0 Å². The fraction of sp³-hybridized carbons (Fsp3) is 0. The van der Waals surface area contributed by atoms with Crippen LogP contribution in [-0.4, -0.2) is 19.9 Å². The zero-order chi connectivity index (χ0) is 15.8. The lowest BCUT2D eigenvalue weighted by molar-refractivity contribution is 0.638. The Labute approximate surface area is 138 Å². The third kappa shape index (κ3) is 2.59. The van der Waals surface area contributed by atoms with Crippen LogP contribution in [0.4, 0.5) is 15.9 Å². The Kier molecular flexibility index (Phi) is 3.34. The van der Waals surface area contributed by atoms with Crippen molar-refractivity contribution in [2.24, 2.45) is 0 Å². The second kappa shape index (κ2) is 5.51. The highest BCUT2D eigenvalue weighted by molar-refractivity contribution is 9.10. The van der Waals surface area contributed by atoms with Crippen molar-refractivity contribution in [2.75, 3.05) is 5.32 Å². The summed E-state index contributed by atoms with van der Waals surface area (Å²) in [4.78, 5) is 16.7. The molecule has 0 aliphatic rings. The number of nitrogens with one attached hydrogen (secondary N) is 1. The largest absolute Gasteiger partial charge is 0.338 e. The van der Waals surface area contributed by atoms with Gasteiger partial charge in [-0.2, -0.15) is 0 Å². The van der Waals surface area contributed by atoms with Gasteiger partial charge in [-0.25, -0.2) is 24.3 Å². The van der Waals surface area contributed by atoms with Crippen molar-refractivity contribution in [3.63, 3.8) is 0 Å². The number of halogens is 2. The van der Waals surface area contributed by atoms with Crippen LogP contribution < -0.4 is 5.32 Å². The van der Waals surface area contributed by atoms with Crippen molar-refractivity contribution in [2.45, 2.75) is 0 Å². The molecule has 4 aromatic rings. The van der Waals surface area contributed by atoms with E-state index in [0.717, 1.165) is 5.39 Å². The highest BCUT2D eigenvalue weighted by Crippen LogP contribution is 2.28. The lowest BCUT2D eigenvalue weighted by atomic mass is 10.2. The van der Waals surface area contributed by atoms with E-state index in [1.54, 1.807) is 18.5 Å². The molecule has 0 spiro atoms. The number of fused-ring (bicyclic) bond motifs is 2. The highest BCUT2D eigenvalue weighted by atomic mass is 79.9. The van der Waals surface area contributed by atoms with E-state index in [1.165, 1.54) is 12.4 Å². The van der Waals surface area contributed by atoms with E-state index in [0.29, 0.717) is 32.5 Å². The van der Waals surface area contributed by atoms with Crippen LogP contribution in [0.2, 0.25) is 0 Å². The van der Waals surface area contributed by atoms with Gasteiger partial charge in [0.2, 0.25) is 0 Å². The number of hydrogen-bond donors (Lipinski definition) is 1. The fourth-order valence-corrected chi connectivity index (χ4v) is 2.79. The number of pyridine rings is 2. The van der Waals surface area contributed by atoms with Crippen LogP contribution in [0.5, 0.6) is 0 Å². The van der Waals surface area contributed by atoms with Crippen LogP contribution >= 0.6 is 15.9 Å². The van der Waals surface area contributed by atoms with Crippen LogP contribution in [-0.2, 0) is 0 Å². The minimum Gasteiger partial charge on any atom is -0.338 e. The maximum absolute atomic E-state index is 14.3. The number of rotatable bonds is 2. The van der Waals surface area contributed by atoms with Crippen LogP contribution in [0.25, 0.3) is 21.9 Å². The first kappa shape index (κ1) is 14.0. The zero-order valence-electron chi connectivity index (χ0n) is 11.7. The molecular weight excluding hydrogens is 361 g/mol. The number of benzene rings is 1. The van der Waals surface area contributed by atoms with Gasteiger partial charge in [0, 0.05) is 16.1 Å². The van der Waals surface area contributed by atoms with Crippen LogP contribution in [0.3, 0.4) is 0 Å². The van der Waals surface area contributed by atoms with Gasteiger partial charge in [-0.15, -0.1) is 0 Å². The van der Waals surface area contributed by atoms with Gasteiger partial charge in [-0.1, -0.05) is 15.9 Å². The molecule has 1 aromatic carbocycles. The smallest absolute Gasteiger partial charge is 0.159 e. The van der Waals surface area contributed by atoms with Crippen LogP contribution in [0.1, 0.15) is 0 Å². The Morgan fingerprint density at radius 1 is 1.04 bits per heavy atom. The molecular formula is C16H9BrFN5. The molecule has 0 amide bonds. The zero-order valence-corrected chi connectivity index (χ0v) is 13.2. The van der Waals surface area contributed by atoms with E-state index in [1.807, 2.05) is 18.2 Å². The standard InChI is InChI=1S/C16H9BrFN5/c17-10-5-12(18)14-13(6-10)21-8-22-16(14)23-11-4-9-2-1-3-19-15(9)20-7-11/h1-8H,(H,21,22,23). The molecule has 0 saturated carbocycles. The average molecular weight is 370 g/mol. The second-order valence-corrected chi connectivity index (χ2v) is 5.82. The summed E-state index contributed by atoms with van der Waals surface area (Å²) in [6.45, 7) is 0. The molecule has 0 aliphatic heterocycles. The van der Waals surface area contributed by atoms with Gasteiger partial charge in [0.25, 0.3) is 0 Å². The molecule has 0 unspecified atom stereocenters. The molecule has 4 rings (SSSR count). The Hall–Kier alpha value is -2.67. The normalized spacial score (nSPS) is 11.0. The summed E-state index contributed by atoms with van der Waals surface area (Å²) in [5.74, 6) is -0.00192. The summed E-state index contributed by atoms with van der Waals surface area (Å²) in [5, 5.41) is 4.33. The number of aromatic nitrogens is 4. The first-order chi connectivity index (χ1) is 11.2. The lowest BCUT2D eigenvalue weighted by Crippen LogP contribution is -1.98. The minimum atomic E-state index is -0.395. The van der Waals surface area contributed by atoms with E-state index in [4.69, 9.17) is 0 Å². The summed E-state index contributed by atoms with van der Waals surface area (Å²) < 4.78 is 14.9. The Bertz CT molecular complexity index is 1040. The first-order valence-corrected chi connectivity index (χ1v) is 7.57. The van der Waals surface area contributed by atoms with Gasteiger partial charge in [0.15, 0.2) is 5.65 Å². The summed E-state index contributed by atoms with van der Waals surface area (Å²) >= 11 is 3.26. The summed E-state index contributed by atoms with van der Waals surface area (Å²) in [6.07, 6.45) is 4.72. The van der Waals surface area contributed by atoms with Gasteiger partial charge < -0.3 is 5.32 Å². The molecule has 0 atom stereocenters. The SMILES string of the molecule is Fc1cc(Br)cc2ncnc(Nc3cnc4ncccc4c3)c12. The molecule has 23 heavy (non-hydrogen) atoms. The second-order valence-electron chi connectivity index (χ2n) is 4.90. The molecule has 0 fully saturated rings. The van der Waals surface area contributed by atoms with E-state index in [9.17, 15) is 4.39 Å². The van der Waals surface area contributed by atoms with E-state index >= 15 is 0 Å². The maximum Gasteiger partial charge on any atom is 0.159 e. The van der Waals surface area contributed by atoms with Gasteiger partial charge >= 0.3 is 0 Å². The Morgan fingerprint density at radius 3 is 2.87 bits per heavy atom. The fourth-order valence-electron chi connectivity index (χ4n) is 2.37. The summed E-state index contributed by atoms with van der Waals surface area (Å²) in [5.41, 5.74) is 1.87. The molecule has 3 heterocycles.